The summed E-state index contributed by atoms with van der Waals surface area (Å²) >= 11 is 0. The molecular weight excluding hydrogens is 330 g/mol. The van der Waals surface area contributed by atoms with Gasteiger partial charge < -0.3 is 0 Å². The van der Waals surface area contributed by atoms with Crippen LogP contribution in [0.2, 0.25) is 0 Å². The van der Waals surface area contributed by atoms with Gasteiger partial charge in [-0.15, -0.1) is 0 Å². The number of aromatic amines is 2. The molecule has 0 spiro atoms. The average Bonchev–Trinajstić information content (AvgIpc) is 3.18. The van der Waals surface area contributed by atoms with Gasteiger partial charge in [-0.25, -0.2) is 16.8 Å². The molecule has 11 heteroatoms. The Hall–Kier alpha value is -1.72. The minimum absolute atomic E-state index is 0.0982. The number of nitrogens with zero attached hydrogens (tertiary/aromatic N) is 3. The Kier molecular flexibility index (Phi) is 3.57. The maximum absolute atomic E-state index is 12.4. The van der Waals surface area contributed by atoms with Crippen molar-refractivity contribution in [3.63, 3.8) is 0 Å². The number of sulfone groups is 1. The van der Waals surface area contributed by atoms with Crippen LogP contribution in [-0.4, -0.2) is 60.9 Å². The molecule has 2 aromatic heterocycles. The molecule has 2 aromatic rings. The molecule has 1 saturated heterocycles. The van der Waals surface area contributed by atoms with Gasteiger partial charge in [0.1, 0.15) is 9.79 Å². The molecule has 0 aromatic carbocycles. The highest BCUT2D eigenvalue weighted by Gasteiger charge is 2.36. The van der Waals surface area contributed by atoms with Crippen LogP contribution in [0, 0.1) is 0 Å². The van der Waals surface area contributed by atoms with Crippen molar-refractivity contribution < 1.29 is 16.8 Å². The number of sulfonamides is 1. The Morgan fingerprint density at radius 3 is 2.64 bits per heavy atom. The van der Waals surface area contributed by atoms with Crippen LogP contribution in [-0.2, 0) is 19.9 Å². The fourth-order valence-electron chi connectivity index (χ4n) is 2.58. The van der Waals surface area contributed by atoms with Crippen LogP contribution < -0.4 is 0 Å². The van der Waals surface area contributed by atoms with Gasteiger partial charge in [-0.1, -0.05) is 0 Å². The third-order valence-corrected chi connectivity index (χ3v) is 6.66. The minimum Gasteiger partial charge on any atom is -0.284 e. The Morgan fingerprint density at radius 2 is 2.00 bits per heavy atom. The Bertz CT molecular complexity index is 869. The van der Waals surface area contributed by atoms with E-state index in [0.717, 1.165) is 6.26 Å². The minimum atomic E-state index is -3.61. The van der Waals surface area contributed by atoms with Crippen molar-refractivity contribution in [3.8, 4) is 0 Å². The lowest BCUT2D eigenvalue weighted by molar-refractivity contribution is 0.471. The van der Waals surface area contributed by atoms with E-state index in [1.54, 1.807) is 0 Å². The SMILES string of the molecule is CS(=O)(=O)c1cn[nH]c1C1CCN(S(=O)(=O)c2cn[nH]c2)C1. The largest absolute Gasteiger partial charge is 0.284 e. The second kappa shape index (κ2) is 5.18. The van der Waals surface area contributed by atoms with Gasteiger partial charge in [0.15, 0.2) is 9.84 Å². The van der Waals surface area contributed by atoms with Gasteiger partial charge >= 0.3 is 0 Å². The summed E-state index contributed by atoms with van der Waals surface area (Å²) in [5, 5.41) is 12.6. The van der Waals surface area contributed by atoms with Gasteiger partial charge in [-0.3, -0.25) is 10.2 Å². The van der Waals surface area contributed by atoms with Gasteiger partial charge in [-0.05, 0) is 6.42 Å². The van der Waals surface area contributed by atoms with Crippen LogP contribution in [0.25, 0.3) is 0 Å². The zero-order chi connectivity index (χ0) is 16.0. The fourth-order valence-corrected chi connectivity index (χ4v) is 4.85. The smallest absolute Gasteiger partial charge is 0.246 e. The molecule has 120 valence electrons. The molecule has 1 aliphatic heterocycles. The first-order valence-electron chi connectivity index (χ1n) is 6.52. The molecule has 1 unspecified atom stereocenters. The summed E-state index contributed by atoms with van der Waals surface area (Å²) in [4.78, 5) is 0.223. The molecule has 3 rings (SSSR count). The second-order valence-electron chi connectivity index (χ2n) is 5.20. The van der Waals surface area contributed by atoms with Crippen molar-refractivity contribution in [1.82, 2.24) is 24.7 Å². The van der Waals surface area contributed by atoms with Crippen LogP contribution in [0.15, 0.2) is 28.4 Å². The monoisotopic (exact) mass is 345 g/mol. The quantitative estimate of drug-likeness (QED) is 0.784. The first-order chi connectivity index (χ1) is 10.3. The van der Waals surface area contributed by atoms with Crippen molar-refractivity contribution in [2.75, 3.05) is 19.3 Å². The summed E-state index contributed by atoms with van der Waals surface area (Å²) in [6, 6.07) is 0. The maximum Gasteiger partial charge on any atom is 0.246 e. The molecule has 22 heavy (non-hydrogen) atoms. The lowest BCUT2D eigenvalue weighted by atomic mass is 10.1. The summed E-state index contributed by atoms with van der Waals surface area (Å²) in [5.74, 6) is -0.228. The molecule has 1 aliphatic rings. The fraction of sp³-hybridized carbons (Fsp3) is 0.455. The van der Waals surface area contributed by atoms with Crippen LogP contribution >= 0.6 is 0 Å². The van der Waals surface area contributed by atoms with E-state index in [1.165, 1.54) is 22.9 Å². The summed E-state index contributed by atoms with van der Waals surface area (Å²) in [7, 11) is -7.01. The first-order valence-corrected chi connectivity index (χ1v) is 9.85. The molecule has 3 heterocycles. The van der Waals surface area contributed by atoms with Crippen LogP contribution in [0.3, 0.4) is 0 Å². The third kappa shape index (κ3) is 2.55. The zero-order valence-corrected chi connectivity index (χ0v) is 13.4. The molecule has 1 atom stereocenters. The highest BCUT2D eigenvalue weighted by Crippen LogP contribution is 2.32. The molecule has 0 bridgehead atoms. The third-order valence-electron chi connectivity index (χ3n) is 3.70. The highest BCUT2D eigenvalue weighted by atomic mass is 32.2. The highest BCUT2D eigenvalue weighted by molar-refractivity contribution is 7.90. The predicted molar refractivity (Wildman–Crippen MR) is 76.4 cm³/mol. The summed E-state index contributed by atoms with van der Waals surface area (Å²) in [6.45, 7) is 0.526. The number of aromatic nitrogens is 4. The van der Waals surface area contributed by atoms with Crippen molar-refractivity contribution in [1.29, 1.82) is 0 Å². The summed E-state index contributed by atoms with van der Waals surface area (Å²) in [5.41, 5.74) is 0.465. The van der Waals surface area contributed by atoms with E-state index < -0.39 is 19.9 Å². The van der Waals surface area contributed by atoms with E-state index in [9.17, 15) is 16.8 Å². The first kappa shape index (κ1) is 15.2. The lowest BCUT2D eigenvalue weighted by Crippen LogP contribution is -2.28. The van der Waals surface area contributed by atoms with Crippen LogP contribution in [0.1, 0.15) is 18.0 Å². The van der Waals surface area contributed by atoms with Crippen molar-refractivity contribution in [2.24, 2.45) is 0 Å². The van der Waals surface area contributed by atoms with E-state index in [1.807, 2.05) is 0 Å². The molecule has 0 amide bonds. The van der Waals surface area contributed by atoms with Crippen LogP contribution in [0.5, 0.6) is 0 Å². The second-order valence-corrected chi connectivity index (χ2v) is 9.12. The Morgan fingerprint density at radius 1 is 1.23 bits per heavy atom. The van der Waals surface area contributed by atoms with E-state index in [0.29, 0.717) is 18.7 Å². The van der Waals surface area contributed by atoms with Crippen molar-refractivity contribution in [2.45, 2.75) is 22.1 Å². The van der Waals surface area contributed by atoms with Gasteiger partial charge in [0.05, 0.1) is 18.1 Å². The Labute approximate surface area is 127 Å². The topological polar surface area (TPSA) is 129 Å². The average molecular weight is 345 g/mol. The van der Waals surface area contributed by atoms with Crippen molar-refractivity contribution >= 4 is 19.9 Å². The molecule has 0 aliphatic carbocycles. The standard InChI is InChI=1S/C11H15N5O4S2/c1-21(17,18)10-6-14-15-11(10)8-2-3-16(7-8)22(19,20)9-4-12-13-5-9/h4-6,8H,2-3,7H2,1H3,(H,12,13)(H,14,15). The van der Waals surface area contributed by atoms with E-state index in [2.05, 4.69) is 20.4 Å². The number of rotatable bonds is 4. The number of nitrogens with one attached hydrogen (secondary N) is 2. The van der Waals surface area contributed by atoms with E-state index in [-0.39, 0.29) is 22.3 Å². The maximum atomic E-state index is 12.4. The predicted octanol–water partition coefficient (Wildman–Crippen LogP) is -0.285. The number of H-pyrrole nitrogens is 2. The normalized spacial score (nSPS) is 20.5. The molecule has 9 nitrogen and oxygen atoms in total. The van der Waals surface area contributed by atoms with Gasteiger partial charge in [-0.2, -0.15) is 14.5 Å². The molecule has 0 radical (unpaired) electrons. The molecule has 1 fully saturated rings. The van der Waals surface area contributed by atoms with E-state index >= 15 is 0 Å². The molecule has 2 N–H and O–H groups in total. The van der Waals surface area contributed by atoms with Gasteiger partial charge in [0.2, 0.25) is 10.0 Å². The number of hydrogen-bond acceptors (Lipinski definition) is 6. The van der Waals surface area contributed by atoms with Gasteiger partial charge in [0, 0.05) is 31.5 Å². The lowest BCUT2D eigenvalue weighted by Gasteiger charge is -2.15. The molecule has 0 saturated carbocycles. The summed E-state index contributed by atoms with van der Waals surface area (Å²) in [6.07, 6.45) is 5.47. The molecular formula is C11H15N5O4S2. The van der Waals surface area contributed by atoms with Crippen LogP contribution in [0.4, 0.5) is 0 Å². The van der Waals surface area contributed by atoms with Crippen molar-refractivity contribution in [3.05, 3.63) is 24.3 Å². The Balaban J connectivity index is 1.86. The van der Waals surface area contributed by atoms with Gasteiger partial charge in [0.25, 0.3) is 0 Å². The summed E-state index contributed by atoms with van der Waals surface area (Å²) < 4.78 is 49.6. The number of hydrogen-bond donors (Lipinski definition) is 2. The zero-order valence-electron chi connectivity index (χ0n) is 11.7. The van der Waals surface area contributed by atoms with E-state index in [4.69, 9.17) is 0 Å².